The number of hydrogen-bond acceptors (Lipinski definition) is 4. The molecule has 1 saturated carbocycles. The van der Waals surface area contributed by atoms with E-state index in [1.165, 1.54) is 0 Å². The molecule has 2 aliphatic rings. The third-order valence-corrected chi connectivity index (χ3v) is 5.09. The number of benzene rings is 2. The maximum Gasteiger partial charge on any atom is 0.240 e. The van der Waals surface area contributed by atoms with Crippen LogP contribution in [0.3, 0.4) is 0 Å². The van der Waals surface area contributed by atoms with Gasteiger partial charge in [-0.3, -0.25) is 9.59 Å². The van der Waals surface area contributed by atoms with Crippen LogP contribution >= 0.6 is 11.6 Å². The van der Waals surface area contributed by atoms with Crippen LogP contribution in [0.1, 0.15) is 18.4 Å². The summed E-state index contributed by atoms with van der Waals surface area (Å²) in [5.41, 5.74) is 1.02. The molecule has 4 rings (SSSR count). The van der Waals surface area contributed by atoms with E-state index in [1.807, 2.05) is 13.0 Å². The molecule has 0 aromatic heterocycles. The molecule has 1 aliphatic carbocycles. The number of nitrogens with one attached hydrogen (secondary N) is 2. The number of carbonyl (C=O) groups is 2. The monoisotopic (exact) mass is 372 g/mol. The second kappa shape index (κ2) is 6.21. The molecular formula is C19H17ClN2O4. The highest BCUT2D eigenvalue weighted by molar-refractivity contribution is 6.31. The van der Waals surface area contributed by atoms with Crippen LogP contribution in [-0.4, -0.2) is 18.6 Å². The van der Waals surface area contributed by atoms with Crippen LogP contribution in [0.15, 0.2) is 36.4 Å². The molecule has 1 heterocycles. The lowest BCUT2D eigenvalue weighted by atomic mass is 10.0. The predicted molar refractivity (Wildman–Crippen MR) is 97.7 cm³/mol. The van der Waals surface area contributed by atoms with E-state index >= 15 is 0 Å². The molecule has 2 amide bonds. The fraction of sp³-hybridized carbons (Fsp3) is 0.263. The molecule has 2 aromatic rings. The first-order valence-corrected chi connectivity index (χ1v) is 8.64. The molecule has 7 heteroatoms. The Morgan fingerprint density at radius 1 is 0.962 bits per heavy atom. The minimum absolute atomic E-state index is 0.165. The Kier molecular flexibility index (Phi) is 4.00. The Bertz CT molecular complexity index is 908. The van der Waals surface area contributed by atoms with Crippen LogP contribution in [0.2, 0.25) is 5.02 Å². The number of fused-ring (bicyclic) bond motifs is 1. The van der Waals surface area contributed by atoms with Crippen molar-refractivity contribution in [3.8, 4) is 11.5 Å². The number of aryl methyl sites for hydroxylation is 1. The Hall–Kier alpha value is -2.73. The summed E-state index contributed by atoms with van der Waals surface area (Å²) < 4.78 is 10.6. The van der Waals surface area contributed by atoms with Gasteiger partial charge in [-0.2, -0.15) is 0 Å². The van der Waals surface area contributed by atoms with Gasteiger partial charge in [0.25, 0.3) is 0 Å². The normalized spacial score (nSPS) is 16.1. The highest BCUT2D eigenvalue weighted by Crippen LogP contribution is 2.48. The third kappa shape index (κ3) is 2.97. The van der Waals surface area contributed by atoms with Crippen molar-refractivity contribution < 1.29 is 19.1 Å². The lowest BCUT2D eigenvalue weighted by molar-refractivity contribution is -0.131. The van der Waals surface area contributed by atoms with Crippen molar-refractivity contribution in [1.29, 1.82) is 0 Å². The van der Waals surface area contributed by atoms with Crippen LogP contribution in [-0.2, 0) is 9.59 Å². The third-order valence-electron chi connectivity index (χ3n) is 4.68. The Labute approximate surface area is 155 Å². The molecule has 0 spiro atoms. The Morgan fingerprint density at radius 2 is 1.58 bits per heavy atom. The second-order valence-corrected chi connectivity index (χ2v) is 6.93. The largest absolute Gasteiger partial charge is 0.454 e. The fourth-order valence-electron chi connectivity index (χ4n) is 2.83. The van der Waals surface area contributed by atoms with E-state index in [0.29, 0.717) is 40.7 Å². The zero-order valence-electron chi connectivity index (χ0n) is 14.1. The van der Waals surface area contributed by atoms with Gasteiger partial charge in [-0.25, -0.2) is 0 Å². The molecule has 0 saturated heterocycles. The van der Waals surface area contributed by atoms with E-state index in [4.69, 9.17) is 21.1 Å². The Morgan fingerprint density at radius 3 is 2.23 bits per heavy atom. The van der Waals surface area contributed by atoms with E-state index in [9.17, 15) is 9.59 Å². The molecule has 6 nitrogen and oxygen atoms in total. The number of hydrogen-bond donors (Lipinski definition) is 2. The molecule has 134 valence electrons. The number of ether oxygens (including phenoxy) is 2. The summed E-state index contributed by atoms with van der Waals surface area (Å²) in [6.07, 6.45) is 1.02. The van der Waals surface area contributed by atoms with Crippen molar-refractivity contribution in [2.75, 3.05) is 17.4 Å². The average molecular weight is 373 g/mol. The SMILES string of the molecule is Cc1ccc(NC(=O)C2(C(=O)Nc3ccc4c(c3)OCO4)CC2)cc1Cl. The predicted octanol–water partition coefficient (Wildman–Crippen LogP) is 3.73. The highest BCUT2D eigenvalue weighted by atomic mass is 35.5. The zero-order chi connectivity index (χ0) is 18.3. The molecule has 26 heavy (non-hydrogen) atoms. The van der Waals surface area contributed by atoms with Gasteiger partial charge in [0.2, 0.25) is 18.6 Å². The summed E-state index contributed by atoms with van der Waals surface area (Å²) in [6.45, 7) is 2.05. The maximum absolute atomic E-state index is 12.7. The minimum Gasteiger partial charge on any atom is -0.454 e. The summed E-state index contributed by atoms with van der Waals surface area (Å²) in [4.78, 5) is 25.3. The summed E-state index contributed by atoms with van der Waals surface area (Å²) >= 11 is 6.09. The zero-order valence-corrected chi connectivity index (χ0v) is 14.9. The van der Waals surface area contributed by atoms with Gasteiger partial charge in [-0.05, 0) is 49.6 Å². The second-order valence-electron chi connectivity index (χ2n) is 6.52. The Balaban J connectivity index is 1.46. The summed E-state index contributed by atoms with van der Waals surface area (Å²) in [6, 6.07) is 10.4. The number of anilines is 2. The molecule has 0 unspecified atom stereocenters. The molecular weight excluding hydrogens is 356 g/mol. The van der Waals surface area contributed by atoms with Gasteiger partial charge in [0.15, 0.2) is 11.5 Å². The van der Waals surface area contributed by atoms with Crippen LogP contribution < -0.4 is 20.1 Å². The lowest BCUT2D eigenvalue weighted by Crippen LogP contribution is -2.35. The van der Waals surface area contributed by atoms with Crippen molar-refractivity contribution in [1.82, 2.24) is 0 Å². The average Bonchev–Trinajstić information content (AvgIpc) is 3.31. The molecule has 0 radical (unpaired) electrons. The maximum atomic E-state index is 12.7. The topological polar surface area (TPSA) is 76.7 Å². The van der Waals surface area contributed by atoms with Gasteiger partial charge in [-0.1, -0.05) is 17.7 Å². The molecule has 0 bridgehead atoms. The summed E-state index contributed by atoms with van der Waals surface area (Å²) in [5, 5.41) is 6.16. The lowest BCUT2D eigenvalue weighted by Gasteiger charge is -2.16. The van der Waals surface area contributed by atoms with E-state index in [2.05, 4.69) is 10.6 Å². The molecule has 2 aromatic carbocycles. The van der Waals surface area contributed by atoms with Crippen molar-refractivity contribution >= 4 is 34.8 Å². The van der Waals surface area contributed by atoms with E-state index in [0.717, 1.165) is 5.56 Å². The quantitative estimate of drug-likeness (QED) is 0.802. The van der Waals surface area contributed by atoms with Crippen LogP contribution in [0.4, 0.5) is 11.4 Å². The van der Waals surface area contributed by atoms with Gasteiger partial charge in [0.1, 0.15) is 5.41 Å². The first kappa shape index (κ1) is 16.7. The van der Waals surface area contributed by atoms with Crippen molar-refractivity contribution in [3.63, 3.8) is 0 Å². The summed E-state index contributed by atoms with van der Waals surface area (Å²) in [5.74, 6) is 0.562. The molecule has 1 fully saturated rings. The van der Waals surface area contributed by atoms with Gasteiger partial charge in [0.05, 0.1) is 0 Å². The first-order valence-electron chi connectivity index (χ1n) is 8.27. The van der Waals surface area contributed by atoms with Gasteiger partial charge >= 0.3 is 0 Å². The van der Waals surface area contributed by atoms with E-state index in [-0.39, 0.29) is 18.6 Å². The smallest absolute Gasteiger partial charge is 0.240 e. The van der Waals surface area contributed by atoms with Crippen LogP contribution in [0.5, 0.6) is 11.5 Å². The molecule has 1 aliphatic heterocycles. The van der Waals surface area contributed by atoms with Crippen LogP contribution in [0.25, 0.3) is 0 Å². The number of rotatable bonds is 4. The van der Waals surface area contributed by atoms with Gasteiger partial charge in [-0.15, -0.1) is 0 Å². The highest BCUT2D eigenvalue weighted by Gasteiger charge is 2.56. The first-order chi connectivity index (χ1) is 12.5. The summed E-state index contributed by atoms with van der Waals surface area (Å²) in [7, 11) is 0. The molecule has 2 N–H and O–H groups in total. The minimum atomic E-state index is -1.05. The van der Waals surface area contributed by atoms with E-state index < -0.39 is 5.41 Å². The number of amides is 2. The van der Waals surface area contributed by atoms with E-state index in [1.54, 1.807) is 30.3 Å². The van der Waals surface area contributed by atoms with Gasteiger partial charge in [0, 0.05) is 22.5 Å². The standard InChI is InChI=1S/C19H17ClN2O4/c1-11-2-3-12(8-14(11)20)21-17(23)19(6-7-19)18(24)22-13-4-5-15-16(9-13)26-10-25-15/h2-5,8-9H,6-7,10H2,1H3,(H,21,23)(H,22,24). The fourth-order valence-corrected chi connectivity index (χ4v) is 3.01. The molecule has 0 atom stereocenters. The van der Waals surface area contributed by atoms with Crippen LogP contribution in [0, 0.1) is 12.3 Å². The van der Waals surface area contributed by atoms with Crippen molar-refractivity contribution in [2.45, 2.75) is 19.8 Å². The van der Waals surface area contributed by atoms with Crippen molar-refractivity contribution in [2.24, 2.45) is 5.41 Å². The van der Waals surface area contributed by atoms with Gasteiger partial charge < -0.3 is 20.1 Å². The van der Waals surface area contributed by atoms with Crippen molar-refractivity contribution in [3.05, 3.63) is 47.0 Å². The number of halogens is 1. The number of carbonyl (C=O) groups excluding carboxylic acids is 2.